The van der Waals surface area contributed by atoms with Crippen LogP contribution in [-0.4, -0.2) is 37.8 Å². The van der Waals surface area contributed by atoms with Gasteiger partial charge in [-0.1, -0.05) is 37.6 Å². The molecule has 2 atom stereocenters. The van der Waals surface area contributed by atoms with E-state index < -0.39 is 17.6 Å². The molecule has 0 aliphatic rings. The molecular weight excluding hydrogens is 394 g/mol. The topological polar surface area (TPSA) is 73.9 Å². The van der Waals surface area contributed by atoms with E-state index in [-0.39, 0.29) is 17.9 Å². The van der Waals surface area contributed by atoms with Crippen LogP contribution < -0.4 is 5.32 Å². The van der Waals surface area contributed by atoms with Crippen LogP contribution >= 0.6 is 11.6 Å². The second-order valence-corrected chi connectivity index (χ2v) is 8.50. The van der Waals surface area contributed by atoms with Gasteiger partial charge in [0, 0.05) is 17.5 Å². The van der Waals surface area contributed by atoms with Gasteiger partial charge in [0.15, 0.2) is 0 Å². The summed E-state index contributed by atoms with van der Waals surface area (Å²) in [4.78, 5) is 24.4. The zero-order chi connectivity index (χ0) is 22.2. The molecule has 7 heteroatoms. The summed E-state index contributed by atoms with van der Waals surface area (Å²) < 4.78 is 15.6. The lowest BCUT2D eigenvalue weighted by Crippen LogP contribution is -2.46. The number of methoxy groups -OCH3 is 2. The Morgan fingerprint density at radius 1 is 1.10 bits per heavy atom. The van der Waals surface area contributed by atoms with E-state index in [1.54, 1.807) is 12.1 Å². The van der Waals surface area contributed by atoms with Crippen molar-refractivity contribution in [3.05, 3.63) is 46.7 Å². The largest absolute Gasteiger partial charge is 0.501 e. The number of carbonyl (C=O) groups is 2. The normalized spacial score (nSPS) is 14.3. The van der Waals surface area contributed by atoms with Gasteiger partial charge in [-0.2, -0.15) is 0 Å². The molecule has 0 aliphatic carbocycles. The number of benzene rings is 1. The van der Waals surface area contributed by atoms with Crippen molar-refractivity contribution in [2.24, 2.45) is 5.92 Å². The SMILES string of the molecule is COC(=O)/C=C(\C[C@H](N[C@H](C(=O)OC(C)(C)C)C(C)C)c1ccc(Cl)cc1)OC. The standard InChI is InChI=1S/C22H32ClNO5/c1-14(2)20(21(26)29-22(3,4)5)24-18(15-8-10-16(23)11-9-15)12-17(27-6)13-19(25)28-7/h8-11,13-14,18,20,24H,12H2,1-7H3/b17-13+/t18-,20-/m0/s1. The number of halogens is 1. The van der Waals surface area contributed by atoms with E-state index >= 15 is 0 Å². The highest BCUT2D eigenvalue weighted by Gasteiger charge is 2.30. The fourth-order valence-electron chi connectivity index (χ4n) is 2.68. The molecule has 162 valence electrons. The molecule has 29 heavy (non-hydrogen) atoms. The van der Waals surface area contributed by atoms with Gasteiger partial charge in [-0.15, -0.1) is 0 Å². The van der Waals surface area contributed by atoms with Gasteiger partial charge >= 0.3 is 11.9 Å². The van der Waals surface area contributed by atoms with Crippen molar-refractivity contribution in [1.82, 2.24) is 5.32 Å². The first-order valence-corrected chi connectivity index (χ1v) is 9.91. The molecule has 1 aromatic rings. The Bertz CT molecular complexity index is 707. The van der Waals surface area contributed by atoms with Gasteiger partial charge in [-0.25, -0.2) is 4.79 Å². The van der Waals surface area contributed by atoms with Crippen molar-refractivity contribution < 1.29 is 23.8 Å². The van der Waals surface area contributed by atoms with Crippen molar-refractivity contribution >= 4 is 23.5 Å². The highest BCUT2D eigenvalue weighted by atomic mass is 35.5. The molecule has 1 N–H and O–H groups in total. The van der Waals surface area contributed by atoms with Gasteiger partial charge in [0.05, 0.1) is 20.3 Å². The Labute approximate surface area is 178 Å². The van der Waals surface area contributed by atoms with Crippen LogP contribution in [0.5, 0.6) is 0 Å². The quantitative estimate of drug-likeness (QED) is 0.358. The number of hydrogen-bond acceptors (Lipinski definition) is 6. The van der Waals surface area contributed by atoms with Crippen molar-refractivity contribution in [1.29, 1.82) is 0 Å². The van der Waals surface area contributed by atoms with Crippen LogP contribution in [-0.2, 0) is 23.8 Å². The van der Waals surface area contributed by atoms with Gasteiger partial charge in [0.1, 0.15) is 17.4 Å². The number of carbonyl (C=O) groups excluding carboxylic acids is 2. The van der Waals surface area contributed by atoms with E-state index in [0.717, 1.165) is 5.56 Å². The third-order valence-corrected chi connectivity index (χ3v) is 4.38. The molecule has 6 nitrogen and oxygen atoms in total. The molecule has 0 aromatic heterocycles. The Morgan fingerprint density at radius 2 is 1.69 bits per heavy atom. The molecule has 0 heterocycles. The average molecular weight is 426 g/mol. The number of nitrogens with one attached hydrogen (secondary N) is 1. The van der Waals surface area contributed by atoms with Gasteiger partial charge in [-0.05, 0) is 44.4 Å². The fraction of sp³-hybridized carbons (Fsp3) is 0.545. The van der Waals surface area contributed by atoms with Gasteiger partial charge in [0.25, 0.3) is 0 Å². The summed E-state index contributed by atoms with van der Waals surface area (Å²) in [6, 6.07) is 6.43. The molecule has 1 rings (SSSR count). The third-order valence-electron chi connectivity index (χ3n) is 4.13. The summed E-state index contributed by atoms with van der Waals surface area (Å²) in [5, 5.41) is 3.99. The van der Waals surface area contributed by atoms with E-state index in [1.807, 2.05) is 46.8 Å². The van der Waals surface area contributed by atoms with Crippen molar-refractivity contribution in [2.75, 3.05) is 14.2 Å². The predicted octanol–water partition coefficient (Wildman–Crippen LogP) is 4.43. The number of rotatable bonds is 9. The summed E-state index contributed by atoms with van der Waals surface area (Å²) in [7, 11) is 2.79. The number of esters is 2. The van der Waals surface area contributed by atoms with Crippen LogP contribution in [0.1, 0.15) is 52.6 Å². The molecule has 0 radical (unpaired) electrons. The highest BCUT2D eigenvalue weighted by molar-refractivity contribution is 6.30. The Kier molecular flexibility index (Phi) is 9.66. The summed E-state index contributed by atoms with van der Waals surface area (Å²) in [6.07, 6.45) is 1.63. The minimum absolute atomic E-state index is 0.0183. The maximum absolute atomic E-state index is 12.8. The summed E-state index contributed by atoms with van der Waals surface area (Å²) in [5.41, 5.74) is 0.306. The maximum atomic E-state index is 12.8. The van der Waals surface area contributed by atoms with Gasteiger partial charge < -0.3 is 14.2 Å². The zero-order valence-electron chi connectivity index (χ0n) is 18.2. The molecular formula is C22H32ClNO5. The second-order valence-electron chi connectivity index (χ2n) is 8.07. The van der Waals surface area contributed by atoms with Crippen LogP contribution in [0.15, 0.2) is 36.1 Å². The van der Waals surface area contributed by atoms with Gasteiger partial charge in [-0.3, -0.25) is 10.1 Å². The Hall–Kier alpha value is -2.05. The predicted molar refractivity (Wildman–Crippen MR) is 114 cm³/mol. The minimum Gasteiger partial charge on any atom is -0.501 e. The monoisotopic (exact) mass is 425 g/mol. The first-order valence-electron chi connectivity index (χ1n) is 9.53. The van der Waals surface area contributed by atoms with Crippen LogP contribution in [0.3, 0.4) is 0 Å². The zero-order valence-corrected chi connectivity index (χ0v) is 19.0. The molecule has 0 saturated heterocycles. The average Bonchev–Trinajstić information content (AvgIpc) is 2.62. The lowest BCUT2D eigenvalue weighted by atomic mass is 9.97. The summed E-state index contributed by atoms with van der Waals surface area (Å²) >= 11 is 6.02. The van der Waals surface area contributed by atoms with E-state index in [0.29, 0.717) is 17.2 Å². The maximum Gasteiger partial charge on any atom is 0.333 e. The van der Waals surface area contributed by atoms with Crippen molar-refractivity contribution in [2.45, 2.75) is 58.7 Å². The van der Waals surface area contributed by atoms with E-state index in [4.69, 9.17) is 25.8 Å². The van der Waals surface area contributed by atoms with Gasteiger partial charge in [0.2, 0.25) is 0 Å². The Morgan fingerprint density at radius 3 is 2.14 bits per heavy atom. The molecule has 0 saturated carbocycles. The summed E-state index contributed by atoms with van der Waals surface area (Å²) in [5.74, 6) is -0.433. The van der Waals surface area contributed by atoms with E-state index in [1.165, 1.54) is 20.3 Å². The lowest BCUT2D eigenvalue weighted by molar-refractivity contribution is -0.159. The van der Waals surface area contributed by atoms with Crippen molar-refractivity contribution in [3.63, 3.8) is 0 Å². The minimum atomic E-state index is -0.593. The van der Waals surface area contributed by atoms with Crippen LogP contribution in [0.25, 0.3) is 0 Å². The fourth-order valence-corrected chi connectivity index (χ4v) is 2.80. The Balaban J connectivity index is 3.21. The second kappa shape index (κ2) is 11.2. The highest BCUT2D eigenvalue weighted by Crippen LogP contribution is 2.26. The smallest absolute Gasteiger partial charge is 0.333 e. The molecule has 0 fully saturated rings. The molecule has 0 amide bonds. The molecule has 0 aliphatic heterocycles. The van der Waals surface area contributed by atoms with Crippen LogP contribution in [0.2, 0.25) is 5.02 Å². The van der Waals surface area contributed by atoms with Crippen molar-refractivity contribution in [3.8, 4) is 0 Å². The molecule has 0 spiro atoms. The molecule has 0 bridgehead atoms. The van der Waals surface area contributed by atoms with E-state index in [2.05, 4.69) is 5.32 Å². The summed E-state index contributed by atoms with van der Waals surface area (Å²) in [6.45, 7) is 9.40. The number of ether oxygens (including phenoxy) is 3. The first kappa shape index (κ1) is 25.0. The number of hydrogen-bond donors (Lipinski definition) is 1. The van der Waals surface area contributed by atoms with E-state index in [9.17, 15) is 9.59 Å². The first-order chi connectivity index (χ1) is 13.5. The lowest BCUT2D eigenvalue weighted by Gasteiger charge is -2.30. The van der Waals surface area contributed by atoms with Crippen LogP contribution in [0.4, 0.5) is 0 Å². The van der Waals surface area contributed by atoms with Crippen LogP contribution in [0, 0.1) is 5.92 Å². The third kappa shape index (κ3) is 8.88. The molecule has 1 aromatic carbocycles. The molecule has 0 unspecified atom stereocenters.